The van der Waals surface area contributed by atoms with Gasteiger partial charge in [0.15, 0.2) is 5.96 Å². The molecule has 112 valence electrons. The standard InChI is InChI=1S/C12H26N4O2S/c1-4-16(5-2)19(17,18)9-8-14-12(13-3)15-10-11-6-7-11/h11H,4-10H2,1-3H3,(H2,13,14,15). The maximum atomic E-state index is 12.0. The lowest BCUT2D eigenvalue weighted by Gasteiger charge is -2.19. The van der Waals surface area contributed by atoms with Crippen molar-refractivity contribution in [1.82, 2.24) is 14.9 Å². The molecule has 7 heteroatoms. The van der Waals surface area contributed by atoms with Gasteiger partial charge in [0.2, 0.25) is 10.0 Å². The van der Waals surface area contributed by atoms with Gasteiger partial charge in [-0.2, -0.15) is 0 Å². The van der Waals surface area contributed by atoms with Crippen molar-refractivity contribution in [2.24, 2.45) is 10.9 Å². The van der Waals surface area contributed by atoms with Gasteiger partial charge in [0.05, 0.1) is 5.75 Å². The molecule has 0 unspecified atom stereocenters. The Bertz CT molecular complexity index is 387. The first-order valence-electron chi connectivity index (χ1n) is 6.95. The summed E-state index contributed by atoms with van der Waals surface area (Å²) in [6.07, 6.45) is 2.56. The monoisotopic (exact) mass is 290 g/mol. The van der Waals surface area contributed by atoms with Crippen LogP contribution in [0.25, 0.3) is 0 Å². The van der Waals surface area contributed by atoms with Gasteiger partial charge in [-0.05, 0) is 18.8 Å². The Labute approximate surface area is 116 Å². The van der Waals surface area contributed by atoms with Gasteiger partial charge in [-0.3, -0.25) is 4.99 Å². The molecule has 1 aliphatic rings. The van der Waals surface area contributed by atoms with Gasteiger partial charge in [0, 0.05) is 33.2 Å². The van der Waals surface area contributed by atoms with Crippen LogP contribution in [0.3, 0.4) is 0 Å². The van der Waals surface area contributed by atoms with Gasteiger partial charge in [-0.1, -0.05) is 13.8 Å². The van der Waals surface area contributed by atoms with E-state index in [1.54, 1.807) is 7.05 Å². The third kappa shape index (κ3) is 5.78. The lowest BCUT2D eigenvalue weighted by molar-refractivity contribution is 0.445. The average Bonchev–Trinajstić information content (AvgIpc) is 3.18. The van der Waals surface area contributed by atoms with Crippen LogP contribution in [0.5, 0.6) is 0 Å². The molecule has 0 atom stereocenters. The highest BCUT2D eigenvalue weighted by Crippen LogP contribution is 2.27. The number of nitrogens with one attached hydrogen (secondary N) is 2. The summed E-state index contributed by atoms with van der Waals surface area (Å²) in [6, 6.07) is 0. The van der Waals surface area contributed by atoms with Crippen molar-refractivity contribution in [3.05, 3.63) is 0 Å². The second-order valence-corrected chi connectivity index (χ2v) is 6.81. The Balaban J connectivity index is 2.30. The predicted octanol–water partition coefficient (Wildman–Crippen LogP) is 0.233. The van der Waals surface area contributed by atoms with E-state index in [1.165, 1.54) is 17.1 Å². The van der Waals surface area contributed by atoms with E-state index in [4.69, 9.17) is 0 Å². The fourth-order valence-electron chi connectivity index (χ4n) is 1.83. The van der Waals surface area contributed by atoms with E-state index in [0.29, 0.717) is 25.6 Å². The summed E-state index contributed by atoms with van der Waals surface area (Å²) in [7, 11) is -1.46. The van der Waals surface area contributed by atoms with E-state index < -0.39 is 10.0 Å². The van der Waals surface area contributed by atoms with Crippen molar-refractivity contribution in [1.29, 1.82) is 0 Å². The smallest absolute Gasteiger partial charge is 0.215 e. The fraction of sp³-hybridized carbons (Fsp3) is 0.917. The molecule has 0 aromatic rings. The highest BCUT2D eigenvalue weighted by Gasteiger charge is 2.21. The summed E-state index contributed by atoms with van der Waals surface area (Å²) < 4.78 is 25.4. The van der Waals surface area contributed by atoms with Crippen LogP contribution in [-0.4, -0.2) is 57.7 Å². The van der Waals surface area contributed by atoms with Gasteiger partial charge >= 0.3 is 0 Å². The Kier molecular flexibility index (Phi) is 6.57. The van der Waals surface area contributed by atoms with Gasteiger partial charge in [0.1, 0.15) is 0 Å². The highest BCUT2D eigenvalue weighted by atomic mass is 32.2. The quantitative estimate of drug-likeness (QED) is 0.496. The van der Waals surface area contributed by atoms with Crippen LogP contribution in [0.15, 0.2) is 4.99 Å². The second-order valence-electron chi connectivity index (χ2n) is 4.72. The summed E-state index contributed by atoms with van der Waals surface area (Å²) in [5.41, 5.74) is 0. The number of hydrogen-bond donors (Lipinski definition) is 2. The maximum Gasteiger partial charge on any atom is 0.215 e. The second kappa shape index (κ2) is 7.69. The van der Waals surface area contributed by atoms with Crippen LogP contribution in [0.2, 0.25) is 0 Å². The number of aliphatic imine (C=N–C) groups is 1. The van der Waals surface area contributed by atoms with Crippen LogP contribution in [0, 0.1) is 5.92 Å². The highest BCUT2D eigenvalue weighted by molar-refractivity contribution is 7.89. The molecule has 0 amide bonds. The molecule has 1 rings (SSSR count). The van der Waals surface area contributed by atoms with E-state index in [2.05, 4.69) is 15.6 Å². The molecule has 0 bridgehead atoms. The van der Waals surface area contributed by atoms with Crippen LogP contribution >= 0.6 is 0 Å². The summed E-state index contributed by atoms with van der Waals surface area (Å²) >= 11 is 0. The molecule has 1 aliphatic carbocycles. The van der Waals surface area contributed by atoms with Crippen molar-refractivity contribution >= 4 is 16.0 Å². The Morgan fingerprint density at radius 1 is 1.26 bits per heavy atom. The topological polar surface area (TPSA) is 73.8 Å². The molecule has 0 saturated heterocycles. The normalized spacial score (nSPS) is 16.7. The van der Waals surface area contributed by atoms with Gasteiger partial charge in [-0.15, -0.1) is 0 Å². The molecular weight excluding hydrogens is 264 g/mol. The number of sulfonamides is 1. The number of hydrogen-bond acceptors (Lipinski definition) is 3. The lowest BCUT2D eigenvalue weighted by Crippen LogP contribution is -2.42. The molecule has 1 saturated carbocycles. The Hall–Kier alpha value is -0.820. The molecule has 19 heavy (non-hydrogen) atoms. The van der Waals surface area contributed by atoms with Gasteiger partial charge < -0.3 is 10.6 Å². The first-order valence-corrected chi connectivity index (χ1v) is 8.56. The van der Waals surface area contributed by atoms with E-state index in [-0.39, 0.29) is 5.75 Å². The minimum Gasteiger partial charge on any atom is -0.356 e. The molecule has 0 heterocycles. The van der Waals surface area contributed by atoms with Crippen LogP contribution in [0.4, 0.5) is 0 Å². The zero-order chi connectivity index (χ0) is 14.3. The summed E-state index contributed by atoms with van der Waals surface area (Å²) in [6.45, 7) is 6.04. The third-order valence-corrected chi connectivity index (χ3v) is 5.25. The van der Waals surface area contributed by atoms with E-state index in [9.17, 15) is 8.42 Å². The zero-order valence-corrected chi connectivity index (χ0v) is 13.0. The molecule has 0 aliphatic heterocycles. The first-order chi connectivity index (χ1) is 9.03. The summed E-state index contributed by atoms with van der Waals surface area (Å²) in [5.74, 6) is 1.54. The van der Waals surface area contributed by atoms with Gasteiger partial charge in [-0.25, -0.2) is 12.7 Å². The van der Waals surface area contributed by atoms with Crippen LogP contribution in [-0.2, 0) is 10.0 Å². The molecule has 0 spiro atoms. The van der Waals surface area contributed by atoms with Gasteiger partial charge in [0.25, 0.3) is 0 Å². The SMILES string of the molecule is CCN(CC)S(=O)(=O)CCNC(=NC)NCC1CC1. The molecule has 1 fully saturated rings. The van der Waals surface area contributed by atoms with Crippen LogP contribution < -0.4 is 10.6 Å². The van der Waals surface area contributed by atoms with Crippen molar-refractivity contribution in [2.45, 2.75) is 26.7 Å². The average molecular weight is 290 g/mol. The first kappa shape index (κ1) is 16.2. The number of guanidine groups is 1. The fourth-order valence-corrected chi connectivity index (χ4v) is 3.23. The predicted molar refractivity (Wildman–Crippen MR) is 78.8 cm³/mol. The van der Waals surface area contributed by atoms with Crippen molar-refractivity contribution < 1.29 is 8.42 Å². The van der Waals surface area contributed by atoms with Crippen molar-refractivity contribution in [3.63, 3.8) is 0 Å². The van der Waals surface area contributed by atoms with E-state index in [0.717, 1.165) is 12.5 Å². The van der Waals surface area contributed by atoms with Crippen LogP contribution in [0.1, 0.15) is 26.7 Å². The molecule has 2 N–H and O–H groups in total. The molecule has 0 radical (unpaired) electrons. The van der Waals surface area contributed by atoms with E-state index >= 15 is 0 Å². The molecule has 0 aromatic heterocycles. The van der Waals surface area contributed by atoms with Crippen molar-refractivity contribution in [3.8, 4) is 0 Å². The van der Waals surface area contributed by atoms with E-state index in [1.807, 2.05) is 13.8 Å². The summed E-state index contributed by atoms with van der Waals surface area (Å²) in [5, 5.41) is 6.25. The Morgan fingerprint density at radius 2 is 1.89 bits per heavy atom. The molecular formula is C12H26N4O2S. The lowest BCUT2D eigenvalue weighted by atomic mass is 10.4. The summed E-state index contributed by atoms with van der Waals surface area (Å²) in [4.78, 5) is 4.08. The number of rotatable bonds is 8. The maximum absolute atomic E-state index is 12.0. The minimum absolute atomic E-state index is 0.0960. The zero-order valence-electron chi connectivity index (χ0n) is 12.1. The number of nitrogens with zero attached hydrogens (tertiary/aromatic N) is 2. The largest absolute Gasteiger partial charge is 0.356 e. The Morgan fingerprint density at radius 3 is 2.37 bits per heavy atom. The third-order valence-electron chi connectivity index (χ3n) is 3.23. The molecule has 6 nitrogen and oxygen atoms in total. The minimum atomic E-state index is -3.16. The molecule has 0 aromatic carbocycles. The van der Waals surface area contributed by atoms with Crippen molar-refractivity contribution in [2.75, 3.05) is 39.0 Å².